The molecule has 1 unspecified atom stereocenters. The van der Waals surface area contributed by atoms with E-state index in [4.69, 9.17) is 32.9 Å². The molecule has 42 heavy (non-hydrogen) atoms. The third-order valence-electron chi connectivity index (χ3n) is 7.65. The molecule has 1 N–H and O–H groups in total. The van der Waals surface area contributed by atoms with Crippen molar-refractivity contribution in [1.29, 1.82) is 0 Å². The quantitative estimate of drug-likeness (QED) is 0.251. The number of anilines is 3. The fourth-order valence-electron chi connectivity index (χ4n) is 5.71. The van der Waals surface area contributed by atoms with Gasteiger partial charge in [0.25, 0.3) is 5.91 Å². The van der Waals surface area contributed by atoms with Crippen molar-refractivity contribution in [3.8, 4) is 0 Å². The number of piperazine rings is 1. The van der Waals surface area contributed by atoms with Crippen molar-refractivity contribution in [1.82, 2.24) is 24.6 Å². The first-order valence-corrected chi connectivity index (χ1v) is 13.9. The van der Waals surface area contributed by atoms with Gasteiger partial charge < -0.3 is 24.7 Å². The molecule has 2 aromatic carbocycles. The van der Waals surface area contributed by atoms with Crippen LogP contribution < -0.4 is 10.2 Å². The molecule has 10 nitrogen and oxygen atoms in total. The van der Waals surface area contributed by atoms with Gasteiger partial charge in [0.05, 0.1) is 30.3 Å². The van der Waals surface area contributed by atoms with E-state index in [0.29, 0.717) is 36.3 Å². The van der Waals surface area contributed by atoms with Crippen molar-refractivity contribution in [3.05, 3.63) is 94.5 Å². The van der Waals surface area contributed by atoms with Crippen LogP contribution >= 0.6 is 11.6 Å². The number of hydrogen-bond donors (Lipinski definition) is 1. The number of rotatable bonds is 6. The zero-order chi connectivity index (χ0) is 29.4. The average molecular weight is 587 g/mol. The smallest absolute Gasteiger partial charge is 0.282 e. The number of amides is 1. The summed E-state index contributed by atoms with van der Waals surface area (Å²) in [5.74, 6) is -0.770. The van der Waals surface area contributed by atoms with E-state index in [2.05, 4.69) is 21.8 Å². The molecule has 2 aliphatic rings. The molecule has 12 heteroatoms. The summed E-state index contributed by atoms with van der Waals surface area (Å²) in [4.78, 5) is 29.1. The predicted octanol–water partition coefficient (Wildman–Crippen LogP) is 4.99. The van der Waals surface area contributed by atoms with Crippen LogP contribution in [0.5, 0.6) is 0 Å². The largest absolute Gasteiger partial charge is 0.368 e. The first-order valence-electron chi connectivity index (χ1n) is 13.5. The van der Waals surface area contributed by atoms with Crippen molar-refractivity contribution in [2.45, 2.75) is 25.2 Å². The summed E-state index contributed by atoms with van der Waals surface area (Å²) in [5.41, 5.74) is 3.38. The van der Waals surface area contributed by atoms with E-state index in [1.807, 2.05) is 54.5 Å². The summed E-state index contributed by atoms with van der Waals surface area (Å²) >= 11 is 6.64. The number of carbonyl (C=O) groups is 1. The minimum atomic E-state index is -1.03. The van der Waals surface area contributed by atoms with Crippen LogP contribution in [0.3, 0.4) is 0 Å². The van der Waals surface area contributed by atoms with E-state index in [1.165, 1.54) is 4.90 Å². The van der Waals surface area contributed by atoms with Gasteiger partial charge in [-0.05, 0) is 17.0 Å². The number of carbonyl (C=O) groups excluding carboxylic acids is 1. The van der Waals surface area contributed by atoms with Crippen molar-refractivity contribution < 1.29 is 13.9 Å². The molecule has 214 valence electrons. The van der Waals surface area contributed by atoms with Gasteiger partial charge in [-0.15, -0.1) is 0 Å². The number of fused-ring (bicyclic) bond motifs is 2. The zero-order valence-electron chi connectivity index (χ0n) is 22.9. The molecule has 2 aliphatic heterocycles. The number of aryl methyl sites for hydroxylation is 1. The van der Waals surface area contributed by atoms with Gasteiger partial charge in [0.15, 0.2) is 5.83 Å². The molecular formula is C30H28ClFN8O2. The maximum absolute atomic E-state index is 13.8. The van der Waals surface area contributed by atoms with Crippen molar-refractivity contribution in [2.75, 3.05) is 36.4 Å². The maximum Gasteiger partial charge on any atom is 0.282 e. The van der Waals surface area contributed by atoms with Gasteiger partial charge in [-0.2, -0.15) is 10.1 Å². The van der Waals surface area contributed by atoms with Gasteiger partial charge >= 0.3 is 0 Å². The molecule has 2 aromatic heterocycles. The summed E-state index contributed by atoms with van der Waals surface area (Å²) in [6.45, 7) is 11.8. The Morgan fingerprint density at radius 1 is 1.26 bits per heavy atom. The van der Waals surface area contributed by atoms with Crippen LogP contribution in [0, 0.1) is 6.57 Å². The van der Waals surface area contributed by atoms with Gasteiger partial charge in [0.1, 0.15) is 11.9 Å². The lowest BCUT2D eigenvalue weighted by atomic mass is 9.94. The van der Waals surface area contributed by atoms with Crippen LogP contribution in [0.1, 0.15) is 22.9 Å². The average Bonchev–Trinajstić information content (AvgIpc) is 3.40. The molecular weight excluding hydrogens is 559 g/mol. The van der Waals surface area contributed by atoms with E-state index >= 15 is 0 Å². The lowest BCUT2D eigenvalue weighted by Crippen LogP contribution is -2.57. The fraction of sp³-hybridized carbons (Fsp3) is 0.300. The van der Waals surface area contributed by atoms with Crippen LogP contribution in [0.15, 0.2) is 61.2 Å². The highest BCUT2D eigenvalue weighted by molar-refractivity contribution is 6.35. The topological polar surface area (TPSA) is 92.8 Å². The molecule has 1 fully saturated rings. The van der Waals surface area contributed by atoms with Crippen LogP contribution in [0.2, 0.25) is 5.02 Å². The lowest BCUT2D eigenvalue weighted by Gasteiger charge is -2.40. The summed E-state index contributed by atoms with van der Waals surface area (Å²) in [6, 6.07) is 11.4. The van der Waals surface area contributed by atoms with Crippen LogP contribution in [0.25, 0.3) is 15.6 Å². The molecule has 1 amide bonds. The number of halogens is 2. The molecule has 4 aromatic rings. The van der Waals surface area contributed by atoms with E-state index < -0.39 is 17.8 Å². The Bertz CT molecular complexity index is 1730. The maximum atomic E-state index is 13.8. The molecule has 2 atom stereocenters. The van der Waals surface area contributed by atoms with E-state index in [9.17, 15) is 9.18 Å². The Morgan fingerprint density at radius 3 is 2.81 bits per heavy atom. The third-order valence-corrected chi connectivity index (χ3v) is 7.96. The highest BCUT2D eigenvalue weighted by atomic mass is 35.5. The first kappa shape index (κ1) is 27.6. The first-order chi connectivity index (χ1) is 20.3. The van der Waals surface area contributed by atoms with Crippen molar-refractivity contribution >= 4 is 45.7 Å². The highest BCUT2D eigenvalue weighted by Gasteiger charge is 2.36. The van der Waals surface area contributed by atoms with Crippen LogP contribution in [0.4, 0.5) is 21.8 Å². The standard InChI is InChI=1S/C30H28ClFN8O2/c1-18(32)29(41)40-11-10-39(16-21(40)14-33-2)28-23-17-42-26(22-8-4-6-19-7-5-9-24(31)27(19)22)12-25(23)36-30(37-28)35-20-13-34-38(3)15-20/h4-9,13,15,21,26H,1,10-12,14,16-17H2,3H3,(H,35,36,37)/t21-,26?/m0/s1. The molecule has 1 saturated heterocycles. The number of nitrogens with zero attached hydrogens (tertiary/aromatic N) is 7. The molecule has 0 bridgehead atoms. The minimum absolute atomic E-state index is 0.0317. The Balaban J connectivity index is 1.38. The van der Waals surface area contributed by atoms with E-state index in [1.54, 1.807) is 10.9 Å². The van der Waals surface area contributed by atoms with E-state index in [-0.39, 0.29) is 25.8 Å². The van der Waals surface area contributed by atoms with Gasteiger partial charge in [0.2, 0.25) is 12.5 Å². The molecule has 0 aliphatic carbocycles. The minimum Gasteiger partial charge on any atom is -0.368 e. The normalized spacial score (nSPS) is 18.4. The molecule has 6 rings (SSSR count). The molecule has 0 saturated carbocycles. The summed E-state index contributed by atoms with van der Waals surface area (Å²) < 4.78 is 21.9. The van der Waals surface area contributed by atoms with E-state index in [0.717, 1.165) is 33.3 Å². The second-order valence-electron chi connectivity index (χ2n) is 10.4. The Hall–Kier alpha value is -4.53. The van der Waals surface area contributed by atoms with Crippen LogP contribution in [-0.4, -0.2) is 62.8 Å². The van der Waals surface area contributed by atoms with Gasteiger partial charge in [-0.25, -0.2) is 15.9 Å². The molecule has 0 radical (unpaired) electrons. The Morgan fingerprint density at radius 2 is 2.07 bits per heavy atom. The summed E-state index contributed by atoms with van der Waals surface area (Å²) in [6.07, 6.45) is 3.72. The van der Waals surface area contributed by atoms with Crippen molar-refractivity contribution in [2.24, 2.45) is 7.05 Å². The predicted molar refractivity (Wildman–Crippen MR) is 158 cm³/mol. The number of hydrogen-bond acceptors (Lipinski definition) is 7. The van der Waals surface area contributed by atoms with Gasteiger partial charge in [-0.1, -0.05) is 48.5 Å². The lowest BCUT2D eigenvalue weighted by molar-refractivity contribution is -0.131. The summed E-state index contributed by atoms with van der Waals surface area (Å²) in [7, 11) is 1.83. The fourth-order valence-corrected chi connectivity index (χ4v) is 6.00. The number of aromatic nitrogens is 4. The van der Waals surface area contributed by atoms with Crippen molar-refractivity contribution in [3.63, 3.8) is 0 Å². The number of nitrogens with one attached hydrogen (secondary N) is 1. The number of ether oxygens (including phenoxy) is 1. The third kappa shape index (κ3) is 5.26. The molecule has 0 spiro atoms. The van der Waals surface area contributed by atoms with Gasteiger partial charge in [0, 0.05) is 55.3 Å². The SMILES string of the molecule is [C-]#[N+]C[C@H]1CN(c2nc(Nc3cnn(C)c3)nc3c2COC(c2cccc4cccc(Cl)c24)C3)CCN1C(=O)C(=C)F. The second-order valence-corrected chi connectivity index (χ2v) is 10.8. The monoisotopic (exact) mass is 586 g/mol. The second kappa shape index (κ2) is 11.4. The highest BCUT2D eigenvalue weighted by Crippen LogP contribution is 2.39. The Labute approximate surface area is 247 Å². The Kier molecular flexibility index (Phi) is 7.49. The molecule has 4 heterocycles. The number of benzene rings is 2. The van der Waals surface area contributed by atoms with Crippen LogP contribution in [-0.2, 0) is 29.6 Å². The zero-order valence-corrected chi connectivity index (χ0v) is 23.7. The summed E-state index contributed by atoms with van der Waals surface area (Å²) in [5, 5.41) is 10.1. The van der Waals surface area contributed by atoms with Gasteiger partial charge in [-0.3, -0.25) is 9.48 Å².